The van der Waals surface area contributed by atoms with E-state index in [1.807, 2.05) is 48.2 Å². The largest absolute Gasteiger partial charge is 0.398 e. The third-order valence-electron chi connectivity index (χ3n) is 9.68. The normalized spacial score (nSPS) is 20.4. The Morgan fingerprint density at radius 3 is 2.60 bits per heavy atom. The number of hydrogen-bond acceptors (Lipinski definition) is 7. The number of carbonyl (C=O) groups is 1. The molecule has 2 aromatic carbocycles. The van der Waals surface area contributed by atoms with Gasteiger partial charge in [-0.2, -0.15) is 0 Å². The lowest BCUT2D eigenvalue weighted by Gasteiger charge is -2.32. The predicted molar refractivity (Wildman–Crippen MR) is 191 cm³/mol. The summed E-state index contributed by atoms with van der Waals surface area (Å²) in [6, 6.07) is 17.5. The van der Waals surface area contributed by atoms with Crippen LogP contribution >= 0.6 is 0 Å². The number of nitrogens with two attached hydrogens (primary N) is 2. The molecule has 47 heavy (non-hydrogen) atoms. The maximum atomic E-state index is 14.0. The van der Waals surface area contributed by atoms with Crippen LogP contribution in [0.2, 0.25) is 0 Å². The minimum atomic E-state index is -0.393. The average Bonchev–Trinajstić information content (AvgIpc) is 3.65. The highest BCUT2D eigenvalue weighted by Crippen LogP contribution is 2.43. The number of hydrogen-bond donors (Lipinski definition) is 3. The van der Waals surface area contributed by atoms with Gasteiger partial charge in [0.15, 0.2) is 0 Å². The van der Waals surface area contributed by atoms with Crippen LogP contribution in [0.5, 0.6) is 0 Å². The summed E-state index contributed by atoms with van der Waals surface area (Å²) in [4.78, 5) is 32.8. The van der Waals surface area contributed by atoms with Crippen LogP contribution in [0.15, 0.2) is 89.1 Å². The molecule has 10 nitrogen and oxygen atoms in total. The summed E-state index contributed by atoms with van der Waals surface area (Å²) in [6.45, 7) is 11.1. The van der Waals surface area contributed by atoms with Crippen LogP contribution in [0.4, 0.5) is 11.4 Å². The first kappa shape index (κ1) is 31.9. The predicted octanol–water partition coefficient (Wildman–Crippen LogP) is 4.48. The quantitative estimate of drug-likeness (QED) is 0.181. The first-order valence-electron chi connectivity index (χ1n) is 16.1. The van der Waals surface area contributed by atoms with Gasteiger partial charge in [0.2, 0.25) is 5.91 Å². The Hall–Kier alpha value is -5.09. The van der Waals surface area contributed by atoms with Gasteiger partial charge in [0.1, 0.15) is 12.2 Å². The van der Waals surface area contributed by atoms with E-state index >= 15 is 0 Å². The second-order valence-electron chi connectivity index (χ2n) is 12.7. The van der Waals surface area contributed by atoms with Gasteiger partial charge in [-0.05, 0) is 74.2 Å². The van der Waals surface area contributed by atoms with Crippen molar-refractivity contribution in [3.8, 4) is 0 Å². The zero-order valence-corrected chi connectivity index (χ0v) is 27.2. The number of rotatable bonds is 9. The number of aliphatic imine (C=N–C) groups is 2. The van der Waals surface area contributed by atoms with Crippen LogP contribution in [0.1, 0.15) is 47.2 Å². The molecule has 3 aliphatic rings. The van der Waals surface area contributed by atoms with Gasteiger partial charge in [-0.3, -0.25) is 25.1 Å². The molecule has 0 saturated carbocycles. The maximum Gasteiger partial charge on any atom is 0.234 e. The molecule has 3 aromatic rings. The van der Waals surface area contributed by atoms with Crippen LogP contribution in [0, 0.1) is 17.7 Å². The summed E-state index contributed by atoms with van der Waals surface area (Å²) in [6.07, 6.45) is 8.02. The van der Waals surface area contributed by atoms with Crippen molar-refractivity contribution in [2.75, 3.05) is 56.9 Å². The Bertz CT molecular complexity index is 1790. The van der Waals surface area contributed by atoms with Gasteiger partial charge in [-0.25, -0.2) is 4.99 Å². The van der Waals surface area contributed by atoms with Gasteiger partial charge >= 0.3 is 0 Å². The molecule has 1 unspecified atom stereocenters. The zero-order valence-electron chi connectivity index (χ0n) is 27.2. The molecule has 242 valence electrons. The standard InChI is InChI=1S/C37H43N9O/c1-25-20-30(10-15-42-25)34(39)32-21-31(8-9-33(32)38)46-19-14-37(36(46)47)13-18-44(23-37)22-26(2)45-16-11-28(12-17-45)27-4-6-29(7-5-27)35(40)43-24-41-3/h4-11,15,20-21,24,39H,2,12-14,16-19,22-23,38H2,1,3H3,(H2,40,41,43). The molecule has 1 amide bonds. The van der Waals surface area contributed by atoms with Crippen molar-refractivity contribution in [1.82, 2.24) is 14.8 Å². The molecule has 0 radical (unpaired) electrons. The SMILES string of the molecule is C=C(CN1CCC2(CCN(c3ccc(N)c(C(=N)c4ccnc(C)c4)c3)C2=O)C1)N1CC=C(c2ccc(C(N)=NC=NC)cc2)CC1. The molecule has 5 N–H and O–H groups in total. The van der Waals surface area contributed by atoms with E-state index in [2.05, 4.69) is 49.6 Å². The number of likely N-dealkylation sites (tertiary alicyclic amines) is 1. The Morgan fingerprint density at radius 2 is 1.87 bits per heavy atom. The van der Waals surface area contributed by atoms with E-state index in [0.29, 0.717) is 29.3 Å². The lowest BCUT2D eigenvalue weighted by Crippen LogP contribution is -2.38. The van der Waals surface area contributed by atoms with E-state index in [-0.39, 0.29) is 5.91 Å². The number of nitrogens with one attached hydrogen (secondary N) is 1. The number of pyridine rings is 1. The monoisotopic (exact) mass is 629 g/mol. The van der Waals surface area contributed by atoms with Crippen molar-refractivity contribution in [2.24, 2.45) is 21.1 Å². The van der Waals surface area contributed by atoms with Crippen molar-refractivity contribution in [2.45, 2.75) is 26.2 Å². The summed E-state index contributed by atoms with van der Waals surface area (Å²) >= 11 is 0. The van der Waals surface area contributed by atoms with Gasteiger partial charge in [-0.1, -0.05) is 36.9 Å². The number of benzene rings is 2. The Kier molecular flexibility index (Phi) is 9.04. The third kappa shape index (κ3) is 6.59. The van der Waals surface area contributed by atoms with Crippen molar-refractivity contribution in [3.63, 3.8) is 0 Å². The topological polar surface area (TPSA) is 140 Å². The molecule has 1 atom stereocenters. The summed E-state index contributed by atoms with van der Waals surface area (Å²) in [5.41, 5.74) is 20.3. The molecule has 3 aliphatic heterocycles. The summed E-state index contributed by atoms with van der Waals surface area (Å²) in [7, 11) is 1.67. The molecule has 6 rings (SSSR count). The summed E-state index contributed by atoms with van der Waals surface area (Å²) in [5, 5.41) is 8.81. The highest BCUT2D eigenvalue weighted by atomic mass is 16.2. The number of aryl methyl sites for hydroxylation is 1. The fraction of sp³-hybridized carbons (Fsp3) is 0.324. The Balaban J connectivity index is 1.06. The molecule has 2 fully saturated rings. The number of amides is 1. The van der Waals surface area contributed by atoms with Crippen LogP contribution in [0.3, 0.4) is 0 Å². The molecule has 2 saturated heterocycles. The zero-order chi connectivity index (χ0) is 33.1. The minimum Gasteiger partial charge on any atom is -0.398 e. The van der Waals surface area contributed by atoms with Crippen molar-refractivity contribution in [3.05, 3.63) is 107 Å². The molecule has 0 aliphatic carbocycles. The van der Waals surface area contributed by atoms with Gasteiger partial charge in [-0.15, -0.1) is 0 Å². The smallest absolute Gasteiger partial charge is 0.234 e. The Labute approximate surface area is 276 Å². The first-order chi connectivity index (χ1) is 22.7. The van der Waals surface area contributed by atoms with E-state index in [9.17, 15) is 4.79 Å². The summed E-state index contributed by atoms with van der Waals surface area (Å²) in [5.74, 6) is 0.612. The number of carbonyl (C=O) groups excluding carboxylic acids is 1. The number of aromatic nitrogens is 1. The molecule has 0 bridgehead atoms. The average molecular weight is 630 g/mol. The molecule has 1 spiro atoms. The van der Waals surface area contributed by atoms with Crippen molar-refractivity contribution in [1.29, 1.82) is 5.41 Å². The minimum absolute atomic E-state index is 0.163. The van der Waals surface area contributed by atoms with E-state index in [0.717, 1.165) is 80.2 Å². The van der Waals surface area contributed by atoms with Gasteiger partial charge < -0.3 is 21.3 Å². The van der Waals surface area contributed by atoms with Gasteiger partial charge in [0, 0.05) is 85.4 Å². The molecule has 10 heteroatoms. The van der Waals surface area contributed by atoms with E-state index < -0.39 is 5.41 Å². The van der Waals surface area contributed by atoms with Crippen LogP contribution in [0.25, 0.3) is 5.57 Å². The van der Waals surface area contributed by atoms with Crippen LogP contribution in [-0.2, 0) is 4.79 Å². The number of nitrogens with zero attached hydrogens (tertiary/aromatic N) is 6. The van der Waals surface area contributed by atoms with E-state index in [1.165, 1.54) is 17.5 Å². The maximum absolute atomic E-state index is 14.0. The number of amidine groups is 1. The lowest BCUT2D eigenvalue weighted by atomic mass is 9.85. The highest BCUT2D eigenvalue weighted by Gasteiger charge is 2.51. The second-order valence-corrected chi connectivity index (χ2v) is 12.7. The first-order valence-corrected chi connectivity index (χ1v) is 16.1. The highest BCUT2D eigenvalue weighted by molar-refractivity contribution is 6.14. The van der Waals surface area contributed by atoms with E-state index in [4.69, 9.17) is 16.9 Å². The number of anilines is 2. The van der Waals surface area contributed by atoms with Crippen molar-refractivity contribution >= 4 is 40.7 Å². The number of nitrogen functional groups attached to an aromatic ring is 1. The molecule has 1 aromatic heterocycles. The molecule has 4 heterocycles. The Morgan fingerprint density at radius 1 is 1.09 bits per heavy atom. The van der Waals surface area contributed by atoms with Crippen LogP contribution in [-0.4, -0.2) is 84.9 Å². The lowest BCUT2D eigenvalue weighted by molar-refractivity contribution is -0.125. The fourth-order valence-electron chi connectivity index (χ4n) is 6.95. The summed E-state index contributed by atoms with van der Waals surface area (Å²) < 4.78 is 0. The van der Waals surface area contributed by atoms with Crippen LogP contribution < -0.4 is 16.4 Å². The molecular formula is C37H43N9O. The third-order valence-corrected chi connectivity index (χ3v) is 9.68. The van der Waals surface area contributed by atoms with Crippen molar-refractivity contribution < 1.29 is 4.79 Å². The van der Waals surface area contributed by atoms with Gasteiger partial charge in [0.25, 0.3) is 0 Å². The second kappa shape index (κ2) is 13.3. The van der Waals surface area contributed by atoms with Gasteiger partial charge in [0.05, 0.1) is 11.1 Å². The van der Waals surface area contributed by atoms with E-state index in [1.54, 1.807) is 19.3 Å². The molecular weight excluding hydrogens is 586 g/mol. The fourth-order valence-corrected chi connectivity index (χ4v) is 6.95.